The van der Waals surface area contributed by atoms with Crippen molar-refractivity contribution in [2.45, 2.75) is 41.0 Å². The quantitative estimate of drug-likeness (QED) is 0.724. The van der Waals surface area contributed by atoms with Crippen molar-refractivity contribution in [1.82, 2.24) is 15.1 Å². The Bertz CT molecular complexity index is 806. The summed E-state index contributed by atoms with van der Waals surface area (Å²) in [6.45, 7) is 10.1. The molecule has 0 atom stereocenters. The summed E-state index contributed by atoms with van der Waals surface area (Å²) in [6, 6.07) is 5.30. The van der Waals surface area contributed by atoms with Crippen molar-refractivity contribution >= 4 is 23.3 Å². The summed E-state index contributed by atoms with van der Waals surface area (Å²) < 4.78 is 0. The van der Waals surface area contributed by atoms with Crippen molar-refractivity contribution in [3.8, 4) is 0 Å². The molecule has 2 aromatic rings. The van der Waals surface area contributed by atoms with E-state index in [4.69, 9.17) is 0 Å². The lowest BCUT2D eigenvalue weighted by Gasteiger charge is -2.19. The molecule has 0 saturated carbocycles. The molecule has 7 nitrogen and oxygen atoms in total. The Morgan fingerprint density at radius 3 is 2.48 bits per heavy atom. The van der Waals surface area contributed by atoms with E-state index >= 15 is 0 Å². The minimum Gasteiger partial charge on any atom is -0.327 e. The van der Waals surface area contributed by atoms with Crippen LogP contribution in [0.1, 0.15) is 36.4 Å². The van der Waals surface area contributed by atoms with Crippen LogP contribution in [0.15, 0.2) is 18.2 Å². The lowest BCUT2D eigenvalue weighted by Crippen LogP contribution is -2.33. The summed E-state index contributed by atoms with van der Waals surface area (Å²) >= 11 is 0. The number of benzene rings is 1. The van der Waals surface area contributed by atoms with Crippen molar-refractivity contribution in [1.29, 1.82) is 0 Å². The van der Waals surface area contributed by atoms with Gasteiger partial charge in [0.2, 0.25) is 5.91 Å². The van der Waals surface area contributed by atoms with E-state index in [2.05, 4.69) is 20.8 Å². The number of aromatic amines is 1. The van der Waals surface area contributed by atoms with Gasteiger partial charge in [0.05, 0.1) is 5.69 Å². The maximum atomic E-state index is 12.5. The Labute approximate surface area is 160 Å². The van der Waals surface area contributed by atoms with Gasteiger partial charge in [0.15, 0.2) is 0 Å². The molecule has 0 fully saturated rings. The average molecular weight is 371 g/mol. The normalized spacial score (nSPS) is 10.8. The van der Waals surface area contributed by atoms with E-state index in [0.29, 0.717) is 17.9 Å². The van der Waals surface area contributed by atoms with Gasteiger partial charge in [0.1, 0.15) is 0 Å². The second-order valence-corrected chi connectivity index (χ2v) is 7.19. The molecule has 0 aliphatic rings. The lowest BCUT2D eigenvalue weighted by atomic mass is 10.1. The lowest BCUT2D eigenvalue weighted by molar-refractivity contribution is -0.118. The molecule has 27 heavy (non-hydrogen) atoms. The van der Waals surface area contributed by atoms with Crippen LogP contribution in [0.5, 0.6) is 0 Å². The molecule has 0 spiro atoms. The highest BCUT2D eigenvalue weighted by molar-refractivity contribution is 5.95. The number of carbonyl (C=O) groups is 2. The van der Waals surface area contributed by atoms with Gasteiger partial charge in [-0.25, -0.2) is 4.79 Å². The minimum absolute atomic E-state index is 0.0513. The van der Waals surface area contributed by atoms with Crippen LogP contribution in [0.2, 0.25) is 0 Å². The van der Waals surface area contributed by atoms with E-state index < -0.39 is 0 Å². The van der Waals surface area contributed by atoms with Gasteiger partial charge < -0.3 is 15.5 Å². The molecular weight excluding hydrogens is 342 g/mol. The fraction of sp³-hybridized carbons (Fsp3) is 0.450. The molecule has 2 rings (SSSR count). The first kappa shape index (κ1) is 20.5. The van der Waals surface area contributed by atoms with Crippen LogP contribution >= 0.6 is 0 Å². The second-order valence-electron chi connectivity index (χ2n) is 7.19. The first-order valence-corrected chi connectivity index (χ1v) is 9.13. The van der Waals surface area contributed by atoms with E-state index in [9.17, 15) is 9.59 Å². The van der Waals surface area contributed by atoms with E-state index in [1.54, 1.807) is 18.0 Å². The van der Waals surface area contributed by atoms with E-state index in [-0.39, 0.29) is 17.9 Å². The number of nitrogens with zero attached hydrogens (tertiary/aromatic N) is 2. The van der Waals surface area contributed by atoms with Gasteiger partial charge in [-0.1, -0.05) is 19.9 Å². The summed E-state index contributed by atoms with van der Waals surface area (Å²) in [4.78, 5) is 26.1. The Morgan fingerprint density at radius 2 is 1.89 bits per heavy atom. The molecule has 3 amide bonds. The highest BCUT2D eigenvalue weighted by Gasteiger charge is 2.14. The number of nitrogens with one attached hydrogen (secondary N) is 3. The van der Waals surface area contributed by atoms with Crippen LogP contribution in [-0.2, 0) is 11.2 Å². The number of rotatable bonds is 6. The van der Waals surface area contributed by atoms with Gasteiger partial charge in [0, 0.05) is 36.6 Å². The number of H-pyrrole nitrogens is 1. The molecule has 3 N–H and O–H groups in total. The van der Waals surface area contributed by atoms with Crippen LogP contribution in [-0.4, -0.2) is 40.6 Å². The third kappa shape index (κ3) is 5.32. The standard InChI is InChI=1S/C20H29N5O2/c1-12(2)19(26)22-18-11-16(8-7-13(18)3)21-20(27)25(6)10-9-17-14(4)23-24-15(17)5/h7-8,11-12H,9-10H2,1-6H3,(H,21,27)(H,22,26)(H,23,24). The molecule has 0 radical (unpaired) electrons. The summed E-state index contributed by atoms with van der Waals surface area (Å²) in [7, 11) is 1.76. The van der Waals surface area contributed by atoms with Gasteiger partial charge in [-0.3, -0.25) is 9.89 Å². The first-order chi connectivity index (χ1) is 12.7. The fourth-order valence-corrected chi connectivity index (χ4v) is 2.65. The largest absolute Gasteiger partial charge is 0.327 e. The highest BCUT2D eigenvalue weighted by Crippen LogP contribution is 2.21. The van der Waals surface area contributed by atoms with Gasteiger partial charge in [-0.2, -0.15) is 5.10 Å². The Hall–Kier alpha value is -2.83. The number of hydrogen-bond acceptors (Lipinski definition) is 3. The monoisotopic (exact) mass is 371 g/mol. The number of amides is 3. The third-order valence-corrected chi connectivity index (χ3v) is 4.60. The predicted octanol–water partition coefficient (Wildman–Crippen LogP) is 3.64. The van der Waals surface area contributed by atoms with E-state index in [0.717, 1.165) is 28.9 Å². The molecule has 0 aliphatic heterocycles. The molecule has 1 aromatic carbocycles. The van der Waals surface area contributed by atoms with Crippen LogP contribution in [0, 0.1) is 26.7 Å². The zero-order chi connectivity index (χ0) is 20.1. The van der Waals surface area contributed by atoms with Gasteiger partial charge in [0.25, 0.3) is 0 Å². The maximum Gasteiger partial charge on any atom is 0.321 e. The molecule has 1 heterocycles. The number of aromatic nitrogens is 2. The predicted molar refractivity (Wildman–Crippen MR) is 108 cm³/mol. The van der Waals surface area contributed by atoms with Crippen LogP contribution < -0.4 is 10.6 Å². The number of urea groups is 1. The Kier molecular flexibility index (Phi) is 6.60. The smallest absolute Gasteiger partial charge is 0.321 e. The third-order valence-electron chi connectivity index (χ3n) is 4.60. The summed E-state index contributed by atoms with van der Waals surface area (Å²) in [5, 5.41) is 12.9. The zero-order valence-electron chi connectivity index (χ0n) is 16.9. The van der Waals surface area contributed by atoms with Crippen molar-refractivity contribution < 1.29 is 9.59 Å². The number of carbonyl (C=O) groups excluding carboxylic acids is 2. The molecule has 146 valence electrons. The van der Waals surface area contributed by atoms with E-state index in [1.165, 1.54) is 0 Å². The van der Waals surface area contributed by atoms with Crippen LogP contribution in [0.4, 0.5) is 16.2 Å². The van der Waals surface area contributed by atoms with Crippen LogP contribution in [0.3, 0.4) is 0 Å². The SMILES string of the molecule is Cc1ccc(NC(=O)N(C)CCc2c(C)n[nH]c2C)cc1NC(=O)C(C)C. The molecule has 7 heteroatoms. The summed E-state index contributed by atoms with van der Waals surface area (Å²) in [6.07, 6.45) is 0.738. The van der Waals surface area contributed by atoms with E-state index in [1.807, 2.05) is 46.8 Å². The highest BCUT2D eigenvalue weighted by atomic mass is 16.2. The second kappa shape index (κ2) is 8.70. The summed E-state index contributed by atoms with van der Waals surface area (Å²) in [5.41, 5.74) is 5.44. The molecular formula is C20H29N5O2. The van der Waals surface area contributed by atoms with Crippen molar-refractivity contribution in [3.05, 3.63) is 40.7 Å². The van der Waals surface area contributed by atoms with Crippen molar-refractivity contribution in [2.75, 3.05) is 24.2 Å². The van der Waals surface area contributed by atoms with Gasteiger partial charge >= 0.3 is 6.03 Å². The Morgan fingerprint density at radius 1 is 1.19 bits per heavy atom. The maximum absolute atomic E-state index is 12.5. The molecule has 1 aromatic heterocycles. The average Bonchev–Trinajstić information content (AvgIpc) is 2.93. The number of aryl methyl sites for hydroxylation is 3. The number of likely N-dealkylation sites (N-methyl/N-ethyl adjacent to an activating group) is 1. The van der Waals surface area contributed by atoms with Crippen molar-refractivity contribution in [2.24, 2.45) is 5.92 Å². The van der Waals surface area contributed by atoms with Crippen LogP contribution in [0.25, 0.3) is 0 Å². The zero-order valence-corrected chi connectivity index (χ0v) is 16.9. The van der Waals surface area contributed by atoms with Gasteiger partial charge in [-0.05, 0) is 50.5 Å². The minimum atomic E-state index is -0.196. The summed E-state index contributed by atoms with van der Waals surface area (Å²) in [5.74, 6) is -0.159. The Balaban J connectivity index is 1.99. The molecule has 0 saturated heterocycles. The fourth-order valence-electron chi connectivity index (χ4n) is 2.65. The molecule has 0 bridgehead atoms. The number of anilines is 2. The topological polar surface area (TPSA) is 90.1 Å². The van der Waals surface area contributed by atoms with Crippen molar-refractivity contribution in [3.63, 3.8) is 0 Å². The van der Waals surface area contributed by atoms with Gasteiger partial charge in [-0.15, -0.1) is 0 Å². The molecule has 0 unspecified atom stereocenters. The molecule has 0 aliphatic carbocycles. The first-order valence-electron chi connectivity index (χ1n) is 9.13. The number of hydrogen-bond donors (Lipinski definition) is 3.